The standard InChI is InChI=1S/C21H22ClN3O6S/c1-4-12-5-7-13(8-6-12)11-23-16-17(20(28)19(16)27)24-15-10-9-14(22)21(18(15)26)32(29,30)25(2)31-3/h5-10,23-24,26H,4,11H2,1-3H3. The van der Waals surface area contributed by atoms with E-state index >= 15 is 0 Å². The molecule has 0 bridgehead atoms. The van der Waals surface area contributed by atoms with Crippen LogP contribution in [0.5, 0.6) is 5.75 Å². The number of halogens is 1. The molecular weight excluding hydrogens is 458 g/mol. The van der Waals surface area contributed by atoms with Gasteiger partial charge in [0.15, 0.2) is 5.75 Å². The molecular formula is C21H22ClN3O6S. The van der Waals surface area contributed by atoms with Crippen LogP contribution in [0, 0.1) is 0 Å². The van der Waals surface area contributed by atoms with Crippen molar-refractivity contribution >= 4 is 38.7 Å². The van der Waals surface area contributed by atoms with Crippen molar-refractivity contribution < 1.29 is 18.4 Å². The Balaban J connectivity index is 1.89. The summed E-state index contributed by atoms with van der Waals surface area (Å²) in [5.41, 5.74) is 0.433. The van der Waals surface area contributed by atoms with E-state index in [1.54, 1.807) is 0 Å². The summed E-state index contributed by atoms with van der Waals surface area (Å²) in [4.78, 5) is 28.3. The molecule has 0 atom stereocenters. The second-order valence-electron chi connectivity index (χ2n) is 6.93. The molecule has 3 rings (SSSR count). The lowest BCUT2D eigenvalue weighted by Gasteiger charge is -2.19. The van der Waals surface area contributed by atoms with Crippen molar-refractivity contribution in [1.29, 1.82) is 0 Å². The predicted molar refractivity (Wildman–Crippen MR) is 123 cm³/mol. The van der Waals surface area contributed by atoms with Gasteiger partial charge < -0.3 is 15.7 Å². The van der Waals surface area contributed by atoms with Crippen LogP contribution in [0.25, 0.3) is 0 Å². The van der Waals surface area contributed by atoms with Crippen LogP contribution in [0.1, 0.15) is 18.1 Å². The van der Waals surface area contributed by atoms with E-state index in [1.807, 2.05) is 31.2 Å². The van der Waals surface area contributed by atoms with E-state index in [0.29, 0.717) is 11.0 Å². The molecule has 3 aromatic carbocycles. The summed E-state index contributed by atoms with van der Waals surface area (Å²) in [6.07, 6.45) is 0.905. The third-order valence-corrected chi connectivity index (χ3v) is 7.19. The highest BCUT2D eigenvalue weighted by Crippen LogP contribution is 2.39. The molecule has 0 fully saturated rings. The van der Waals surface area contributed by atoms with Crippen molar-refractivity contribution in [2.75, 3.05) is 24.8 Å². The molecule has 3 aromatic rings. The molecule has 0 radical (unpaired) electrons. The van der Waals surface area contributed by atoms with Crippen LogP contribution < -0.4 is 21.5 Å². The summed E-state index contributed by atoms with van der Waals surface area (Å²) < 4.78 is 25.7. The maximum atomic E-state index is 12.6. The summed E-state index contributed by atoms with van der Waals surface area (Å²) in [7, 11) is -2.01. The minimum atomic E-state index is -4.28. The average molecular weight is 480 g/mol. The SMILES string of the molecule is CCc1ccc(CNc2c(Nc3ccc(Cl)c(S(=O)(=O)N(C)OC)c3O)c(=O)c2=O)cc1. The number of phenols is 1. The largest absolute Gasteiger partial charge is 0.504 e. The van der Waals surface area contributed by atoms with Crippen molar-refractivity contribution in [1.82, 2.24) is 4.47 Å². The number of hydrogen-bond acceptors (Lipinski definition) is 8. The second kappa shape index (κ2) is 9.29. The van der Waals surface area contributed by atoms with Gasteiger partial charge in [-0.2, -0.15) is 0 Å². The van der Waals surface area contributed by atoms with Gasteiger partial charge in [0, 0.05) is 13.6 Å². The number of hydrogen-bond donors (Lipinski definition) is 3. The lowest BCUT2D eigenvalue weighted by atomic mass is 10.1. The summed E-state index contributed by atoms with van der Waals surface area (Å²) in [6.45, 7) is 2.35. The number of aromatic hydroxyl groups is 1. The smallest absolute Gasteiger partial charge is 0.269 e. The zero-order valence-electron chi connectivity index (χ0n) is 17.6. The van der Waals surface area contributed by atoms with Gasteiger partial charge in [0.05, 0.1) is 17.8 Å². The minimum absolute atomic E-state index is 0.0438. The van der Waals surface area contributed by atoms with E-state index < -0.39 is 31.5 Å². The van der Waals surface area contributed by atoms with Gasteiger partial charge in [0.2, 0.25) is 0 Å². The van der Waals surface area contributed by atoms with Crippen LogP contribution in [0.3, 0.4) is 0 Å². The van der Waals surface area contributed by atoms with Gasteiger partial charge in [-0.05, 0) is 29.7 Å². The van der Waals surface area contributed by atoms with E-state index in [-0.39, 0.29) is 22.1 Å². The molecule has 0 aliphatic carbocycles. The lowest BCUT2D eigenvalue weighted by Crippen LogP contribution is -2.36. The lowest BCUT2D eigenvalue weighted by molar-refractivity contribution is -0.0259. The van der Waals surface area contributed by atoms with Crippen LogP contribution in [0.4, 0.5) is 17.1 Å². The number of anilines is 3. The molecule has 0 unspecified atom stereocenters. The molecule has 0 aliphatic rings. The summed E-state index contributed by atoms with van der Waals surface area (Å²) >= 11 is 6.00. The number of hydroxylamine groups is 1. The minimum Gasteiger partial charge on any atom is -0.504 e. The zero-order chi connectivity index (χ0) is 23.6. The van der Waals surface area contributed by atoms with E-state index in [2.05, 4.69) is 10.6 Å². The van der Waals surface area contributed by atoms with Crippen molar-refractivity contribution in [2.45, 2.75) is 24.8 Å². The van der Waals surface area contributed by atoms with E-state index in [4.69, 9.17) is 16.4 Å². The molecule has 170 valence electrons. The molecule has 11 heteroatoms. The Bertz CT molecular complexity index is 1310. The maximum absolute atomic E-state index is 12.6. The Morgan fingerprint density at radius 3 is 2.22 bits per heavy atom. The highest BCUT2D eigenvalue weighted by molar-refractivity contribution is 7.89. The summed E-state index contributed by atoms with van der Waals surface area (Å²) in [5.74, 6) is -0.712. The van der Waals surface area contributed by atoms with Crippen molar-refractivity contribution in [2.24, 2.45) is 0 Å². The molecule has 3 N–H and O–H groups in total. The predicted octanol–water partition coefficient (Wildman–Crippen LogP) is 2.74. The first-order valence-corrected chi connectivity index (χ1v) is 11.4. The van der Waals surface area contributed by atoms with Crippen molar-refractivity contribution in [3.63, 3.8) is 0 Å². The molecule has 0 heterocycles. The summed E-state index contributed by atoms with van der Waals surface area (Å²) in [5, 5.41) is 15.9. The van der Waals surface area contributed by atoms with Gasteiger partial charge in [-0.1, -0.05) is 47.3 Å². The quantitative estimate of drug-likeness (QED) is 0.243. The number of sulfonamides is 1. The average Bonchev–Trinajstić information content (AvgIpc) is 2.79. The Labute approximate surface area is 189 Å². The van der Waals surface area contributed by atoms with Gasteiger partial charge in [0.1, 0.15) is 16.3 Å². The number of rotatable bonds is 9. The Morgan fingerprint density at radius 2 is 1.62 bits per heavy atom. The Morgan fingerprint density at radius 1 is 1.03 bits per heavy atom. The van der Waals surface area contributed by atoms with Gasteiger partial charge in [-0.25, -0.2) is 8.42 Å². The van der Waals surface area contributed by atoms with Gasteiger partial charge in [-0.3, -0.25) is 14.4 Å². The van der Waals surface area contributed by atoms with Crippen LogP contribution >= 0.6 is 11.6 Å². The fourth-order valence-electron chi connectivity index (χ4n) is 3.02. The van der Waals surface area contributed by atoms with Crippen LogP contribution in [-0.4, -0.2) is 32.2 Å². The van der Waals surface area contributed by atoms with Gasteiger partial charge >= 0.3 is 0 Å². The first-order chi connectivity index (χ1) is 15.1. The fraction of sp³-hybridized carbons (Fsp3) is 0.238. The van der Waals surface area contributed by atoms with E-state index in [0.717, 1.165) is 26.1 Å². The molecule has 0 spiro atoms. The molecule has 0 saturated heterocycles. The first-order valence-electron chi connectivity index (χ1n) is 9.58. The highest BCUT2D eigenvalue weighted by atomic mass is 35.5. The molecule has 0 saturated carbocycles. The van der Waals surface area contributed by atoms with Crippen LogP contribution in [0.2, 0.25) is 5.02 Å². The molecule has 0 aliphatic heterocycles. The normalized spacial score (nSPS) is 11.8. The number of nitrogens with zero attached hydrogens (tertiary/aromatic N) is 1. The topological polar surface area (TPSA) is 125 Å². The monoisotopic (exact) mass is 479 g/mol. The highest BCUT2D eigenvalue weighted by Gasteiger charge is 2.30. The van der Waals surface area contributed by atoms with E-state index in [9.17, 15) is 23.1 Å². The number of benzene rings is 2. The van der Waals surface area contributed by atoms with Crippen molar-refractivity contribution in [3.05, 3.63) is 73.0 Å². The maximum Gasteiger partial charge on any atom is 0.269 e. The van der Waals surface area contributed by atoms with Crippen LogP contribution in [-0.2, 0) is 27.8 Å². The van der Waals surface area contributed by atoms with Crippen molar-refractivity contribution in [3.8, 4) is 5.75 Å². The molecule has 0 aromatic heterocycles. The molecule has 9 nitrogen and oxygen atoms in total. The second-order valence-corrected chi connectivity index (χ2v) is 9.21. The van der Waals surface area contributed by atoms with Crippen LogP contribution in [0.15, 0.2) is 50.9 Å². The fourth-order valence-corrected chi connectivity index (χ4v) is 4.58. The first kappa shape index (κ1) is 23.7. The number of aryl methyl sites for hydroxylation is 1. The number of nitrogens with one attached hydrogen (secondary N) is 2. The Kier molecular flexibility index (Phi) is 6.89. The third-order valence-electron chi connectivity index (χ3n) is 5.01. The molecule has 0 amide bonds. The summed E-state index contributed by atoms with van der Waals surface area (Å²) in [6, 6.07) is 10.3. The van der Waals surface area contributed by atoms with Gasteiger partial charge in [-0.15, -0.1) is 0 Å². The van der Waals surface area contributed by atoms with Gasteiger partial charge in [0.25, 0.3) is 20.9 Å². The zero-order valence-corrected chi connectivity index (χ0v) is 19.2. The number of phenolic OH excluding ortho intramolecular Hbond substituents is 1. The third kappa shape index (κ3) is 4.35. The van der Waals surface area contributed by atoms with E-state index in [1.165, 1.54) is 17.7 Å². The molecule has 32 heavy (non-hydrogen) atoms. The Hall–Kier alpha value is -2.92.